The summed E-state index contributed by atoms with van der Waals surface area (Å²) in [7, 11) is 0. The van der Waals surface area contributed by atoms with E-state index < -0.39 is 0 Å². The monoisotopic (exact) mass is 259 g/mol. The Morgan fingerprint density at radius 3 is 2.89 bits per heavy atom. The van der Waals surface area contributed by atoms with Crippen LogP contribution in [0.25, 0.3) is 10.9 Å². The van der Waals surface area contributed by atoms with Crippen molar-refractivity contribution in [2.45, 2.75) is 20.3 Å². The fraction of sp³-hybridized carbons (Fsp3) is 0.286. The number of hydrogen-bond donors (Lipinski definition) is 2. The van der Waals surface area contributed by atoms with Crippen molar-refractivity contribution in [3.05, 3.63) is 35.9 Å². The van der Waals surface area contributed by atoms with E-state index in [1.54, 1.807) is 0 Å². The van der Waals surface area contributed by atoms with Gasteiger partial charge in [0.2, 0.25) is 0 Å². The summed E-state index contributed by atoms with van der Waals surface area (Å²) in [5.41, 5.74) is 2.22. The van der Waals surface area contributed by atoms with Crippen molar-refractivity contribution in [2.75, 3.05) is 11.9 Å². The highest BCUT2D eigenvalue weighted by molar-refractivity contribution is 7.80. The van der Waals surface area contributed by atoms with E-state index in [0.717, 1.165) is 29.7 Å². The lowest BCUT2D eigenvalue weighted by Gasteiger charge is -2.09. The first kappa shape index (κ1) is 12.8. The van der Waals surface area contributed by atoms with E-state index >= 15 is 0 Å². The van der Waals surface area contributed by atoms with Crippen LogP contribution in [0.3, 0.4) is 0 Å². The van der Waals surface area contributed by atoms with Crippen LogP contribution in [0.4, 0.5) is 5.82 Å². The van der Waals surface area contributed by atoms with Gasteiger partial charge in [-0.2, -0.15) is 0 Å². The molecule has 94 valence electrons. The van der Waals surface area contributed by atoms with Crippen molar-refractivity contribution in [1.82, 2.24) is 10.3 Å². The number of aryl methyl sites for hydroxylation is 1. The maximum absolute atomic E-state index is 5.18. The van der Waals surface area contributed by atoms with Crippen LogP contribution in [0.15, 0.2) is 30.3 Å². The van der Waals surface area contributed by atoms with Gasteiger partial charge in [-0.15, -0.1) is 0 Å². The Balaban J connectivity index is 2.15. The van der Waals surface area contributed by atoms with Gasteiger partial charge in [-0.05, 0) is 49.8 Å². The predicted molar refractivity (Wildman–Crippen MR) is 81.0 cm³/mol. The molecule has 0 saturated heterocycles. The maximum Gasteiger partial charge on any atom is 0.171 e. The number of benzene rings is 1. The van der Waals surface area contributed by atoms with Gasteiger partial charge < -0.3 is 10.6 Å². The molecule has 4 heteroatoms. The lowest BCUT2D eigenvalue weighted by molar-refractivity contribution is 0.846. The number of rotatable bonds is 3. The molecule has 0 aliphatic heterocycles. The first-order chi connectivity index (χ1) is 8.69. The van der Waals surface area contributed by atoms with Crippen LogP contribution < -0.4 is 10.6 Å². The van der Waals surface area contributed by atoms with Crippen LogP contribution in [0.5, 0.6) is 0 Å². The molecule has 0 radical (unpaired) electrons. The first-order valence-electron chi connectivity index (χ1n) is 6.11. The zero-order valence-corrected chi connectivity index (χ0v) is 11.5. The molecule has 2 aromatic rings. The van der Waals surface area contributed by atoms with Crippen molar-refractivity contribution >= 4 is 34.1 Å². The molecule has 1 aromatic heterocycles. The number of nitrogens with one attached hydrogen (secondary N) is 2. The van der Waals surface area contributed by atoms with Crippen LogP contribution in [-0.2, 0) is 0 Å². The number of nitrogens with zero attached hydrogens (tertiary/aromatic N) is 1. The second-order valence-corrected chi connectivity index (χ2v) is 4.68. The molecule has 0 aliphatic carbocycles. The zero-order valence-electron chi connectivity index (χ0n) is 10.7. The maximum atomic E-state index is 5.18. The molecule has 1 heterocycles. The van der Waals surface area contributed by atoms with E-state index in [-0.39, 0.29) is 0 Å². The van der Waals surface area contributed by atoms with E-state index in [1.165, 1.54) is 5.56 Å². The van der Waals surface area contributed by atoms with Crippen molar-refractivity contribution in [1.29, 1.82) is 0 Å². The summed E-state index contributed by atoms with van der Waals surface area (Å²) in [5.74, 6) is 0.778. The van der Waals surface area contributed by atoms with Gasteiger partial charge in [0.15, 0.2) is 5.11 Å². The molecule has 0 aliphatic rings. The summed E-state index contributed by atoms with van der Waals surface area (Å²) in [6.07, 6.45) is 1.05. The fourth-order valence-electron chi connectivity index (χ4n) is 1.71. The van der Waals surface area contributed by atoms with Crippen LogP contribution in [-0.4, -0.2) is 16.6 Å². The van der Waals surface area contributed by atoms with E-state index in [2.05, 4.69) is 47.7 Å². The molecule has 0 atom stereocenters. The molecule has 3 nitrogen and oxygen atoms in total. The molecule has 0 spiro atoms. The summed E-state index contributed by atoms with van der Waals surface area (Å²) in [5, 5.41) is 7.98. The highest BCUT2D eigenvalue weighted by Gasteiger charge is 2.00. The quantitative estimate of drug-likeness (QED) is 0.830. The van der Waals surface area contributed by atoms with Crippen LogP contribution in [0, 0.1) is 6.92 Å². The minimum atomic E-state index is 0.621. The fourth-order valence-corrected chi connectivity index (χ4v) is 1.92. The smallest absolute Gasteiger partial charge is 0.171 e. The largest absolute Gasteiger partial charge is 0.362 e. The van der Waals surface area contributed by atoms with Crippen LogP contribution in [0.1, 0.15) is 18.9 Å². The molecule has 18 heavy (non-hydrogen) atoms. The van der Waals surface area contributed by atoms with E-state index in [4.69, 9.17) is 12.2 Å². The molecular weight excluding hydrogens is 242 g/mol. The molecule has 0 amide bonds. The predicted octanol–water partition coefficient (Wildman–Crippen LogP) is 3.24. The van der Waals surface area contributed by atoms with Gasteiger partial charge in [0.1, 0.15) is 5.82 Å². The Hall–Kier alpha value is -1.68. The standard InChI is InChI=1S/C14H17N3S/c1-3-8-15-14(18)17-13-7-5-11-9-10(2)4-6-12(11)16-13/h4-7,9H,3,8H2,1-2H3,(H2,15,16,17,18). The minimum absolute atomic E-state index is 0.621. The van der Waals surface area contributed by atoms with Gasteiger partial charge in [-0.3, -0.25) is 0 Å². The lowest BCUT2D eigenvalue weighted by Crippen LogP contribution is -2.29. The van der Waals surface area contributed by atoms with Gasteiger partial charge >= 0.3 is 0 Å². The SMILES string of the molecule is CCCNC(=S)Nc1ccc2cc(C)ccc2n1. The highest BCUT2D eigenvalue weighted by atomic mass is 32.1. The van der Waals surface area contributed by atoms with E-state index in [1.807, 2.05) is 12.1 Å². The molecule has 1 aromatic carbocycles. The number of pyridine rings is 1. The Bertz CT molecular complexity index is 566. The number of fused-ring (bicyclic) bond motifs is 1. The molecule has 0 bridgehead atoms. The van der Waals surface area contributed by atoms with Gasteiger partial charge in [0, 0.05) is 11.9 Å². The van der Waals surface area contributed by atoms with E-state index in [9.17, 15) is 0 Å². The Labute approximate surface area is 113 Å². The summed E-state index contributed by atoms with van der Waals surface area (Å²) in [6, 6.07) is 10.2. The summed E-state index contributed by atoms with van der Waals surface area (Å²) >= 11 is 5.18. The summed E-state index contributed by atoms with van der Waals surface area (Å²) < 4.78 is 0. The third-order valence-electron chi connectivity index (χ3n) is 2.62. The average molecular weight is 259 g/mol. The van der Waals surface area contributed by atoms with Crippen LogP contribution >= 0.6 is 12.2 Å². The molecule has 0 unspecified atom stereocenters. The normalized spacial score (nSPS) is 10.3. The summed E-state index contributed by atoms with van der Waals surface area (Å²) in [6.45, 7) is 5.06. The first-order valence-corrected chi connectivity index (χ1v) is 6.52. The number of aromatic nitrogens is 1. The summed E-state index contributed by atoms with van der Waals surface area (Å²) in [4.78, 5) is 4.53. The number of anilines is 1. The second kappa shape index (κ2) is 5.78. The molecule has 0 fully saturated rings. The highest BCUT2D eigenvalue weighted by Crippen LogP contribution is 2.16. The second-order valence-electron chi connectivity index (χ2n) is 4.27. The molecule has 2 N–H and O–H groups in total. The topological polar surface area (TPSA) is 37.0 Å². The Morgan fingerprint density at radius 2 is 2.11 bits per heavy atom. The average Bonchev–Trinajstić information content (AvgIpc) is 2.36. The lowest BCUT2D eigenvalue weighted by atomic mass is 10.1. The van der Waals surface area contributed by atoms with Gasteiger partial charge in [0.05, 0.1) is 5.52 Å². The van der Waals surface area contributed by atoms with Crippen molar-refractivity contribution in [3.63, 3.8) is 0 Å². The Kier molecular flexibility index (Phi) is 4.10. The number of thiocarbonyl (C=S) groups is 1. The van der Waals surface area contributed by atoms with Crippen molar-refractivity contribution in [2.24, 2.45) is 0 Å². The zero-order chi connectivity index (χ0) is 13.0. The van der Waals surface area contributed by atoms with Crippen LogP contribution in [0.2, 0.25) is 0 Å². The van der Waals surface area contributed by atoms with Gasteiger partial charge in [0.25, 0.3) is 0 Å². The van der Waals surface area contributed by atoms with Crippen molar-refractivity contribution in [3.8, 4) is 0 Å². The van der Waals surface area contributed by atoms with Crippen molar-refractivity contribution < 1.29 is 0 Å². The van der Waals surface area contributed by atoms with Gasteiger partial charge in [-0.1, -0.05) is 18.6 Å². The third-order valence-corrected chi connectivity index (χ3v) is 2.87. The number of hydrogen-bond acceptors (Lipinski definition) is 2. The molecular formula is C14H17N3S. The van der Waals surface area contributed by atoms with E-state index in [0.29, 0.717) is 5.11 Å². The Morgan fingerprint density at radius 1 is 1.28 bits per heavy atom. The molecule has 2 rings (SSSR count). The minimum Gasteiger partial charge on any atom is -0.362 e. The van der Waals surface area contributed by atoms with Gasteiger partial charge in [-0.25, -0.2) is 4.98 Å². The third kappa shape index (κ3) is 3.17. The molecule has 0 saturated carbocycles.